The number of rotatable bonds is 7. The number of ether oxygens (including phenoxy) is 1. The normalized spacial score (nSPS) is 11.7. The van der Waals surface area contributed by atoms with Gasteiger partial charge in [-0.05, 0) is 31.4 Å². The molecule has 138 valence electrons. The summed E-state index contributed by atoms with van der Waals surface area (Å²) < 4.78 is 5.01. The smallest absolute Gasteiger partial charge is 0.348 e. The lowest BCUT2D eigenvalue weighted by Crippen LogP contribution is -2.22. The molecule has 2 amide bonds. The Balaban J connectivity index is 2.35. The standard InChI is InChI=1S/C19H22N2O4S/c1-4-13(12-9-7-6-8-10-12)17(23)21-18-14(16(20)22)11(3)15(26-18)19(24)25-5-2/h6-10,13H,4-5H2,1-3H3,(H2,20,22)(H,21,23). The van der Waals surface area contributed by atoms with Crippen LogP contribution in [0, 0.1) is 6.92 Å². The first-order chi connectivity index (χ1) is 12.4. The highest BCUT2D eigenvalue weighted by atomic mass is 32.1. The molecule has 2 aromatic rings. The highest BCUT2D eigenvalue weighted by Gasteiger charge is 2.27. The van der Waals surface area contributed by atoms with Crippen molar-refractivity contribution < 1.29 is 19.1 Å². The van der Waals surface area contributed by atoms with Gasteiger partial charge in [-0.1, -0.05) is 37.3 Å². The van der Waals surface area contributed by atoms with Crippen LogP contribution in [0.1, 0.15) is 57.3 Å². The van der Waals surface area contributed by atoms with Crippen LogP contribution in [0.2, 0.25) is 0 Å². The summed E-state index contributed by atoms with van der Waals surface area (Å²) in [7, 11) is 0. The molecule has 1 heterocycles. The minimum Gasteiger partial charge on any atom is -0.462 e. The van der Waals surface area contributed by atoms with E-state index in [1.165, 1.54) is 0 Å². The predicted octanol–water partition coefficient (Wildman–Crippen LogP) is 3.46. The van der Waals surface area contributed by atoms with Gasteiger partial charge in [0.1, 0.15) is 9.88 Å². The van der Waals surface area contributed by atoms with Gasteiger partial charge in [0, 0.05) is 0 Å². The van der Waals surface area contributed by atoms with E-state index in [4.69, 9.17) is 10.5 Å². The Labute approximate surface area is 156 Å². The van der Waals surface area contributed by atoms with Crippen LogP contribution in [-0.2, 0) is 9.53 Å². The Hall–Kier alpha value is -2.67. The monoisotopic (exact) mass is 374 g/mol. The summed E-state index contributed by atoms with van der Waals surface area (Å²) in [6.07, 6.45) is 0.594. The Morgan fingerprint density at radius 2 is 1.85 bits per heavy atom. The van der Waals surface area contributed by atoms with Gasteiger partial charge in [-0.15, -0.1) is 11.3 Å². The first kappa shape index (κ1) is 19.7. The van der Waals surface area contributed by atoms with E-state index in [0.29, 0.717) is 12.0 Å². The van der Waals surface area contributed by atoms with E-state index in [2.05, 4.69) is 5.32 Å². The third-order valence-electron chi connectivity index (χ3n) is 4.02. The molecule has 0 fully saturated rings. The molecular formula is C19H22N2O4S. The summed E-state index contributed by atoms with van der Waals surface area (Å²) in [4.78, 5) is 37.0. The van der Waals surface area contributed by atoms with Crippen LogP contribution < -0.4 is 11.1 Å². The van der Waals surface area contributed by atoms with Crippen molar-refractivity contribution in [2.24, 2.45) is 5.73 Å². The number of hydrogen-bond donors (Lipinski definition) is 2. The number of carbonyl (C=O) groups is 3. The molecule has 0 saturated carbocycles. The molecule has 0 radical (unpaired) electrons. The van der Waals surface area contributed by atoms with Crippen LogP contribution in [0.15, 0.2) is 30.3 Å². The van der Waals surface area contributed by atoms with Gasteiger partial charge in [-0.25, -0.2) is 4.79 Å². The summed E-state index contributed by atoms with van der Waals surface area (Å²) in [5, 5.41) is 3.05. The molecule has 0 aliphatic heterocycles. The van der Waals surface area contributed by atoms with Gasteiger partial charge in [0.2, 0.25) is 5.91 Å². The number of thiophene rings is 1. The van der Waals surface area contributed by atoms with E-state index in [9.17, 15) is 14.4 Å². The molecular weight excluding hydrogens is 352 g/mol. The number of hydrogen-bond acceptors (Lipinski definition) is 5. The molecule has 1 aromatic carbocycles. The predicted molar refractivity (Wildman–Crippen MR) is 102 cm³/mol. The van der Waals surface area contributed by atoms with Gasteiger partial charge in [0.15, 0.2) is 0 Å². The van der Waals surface area contributed by atoms with Gasteiger partial charge in [-0.3, -0.25) is 9.59 Å². The van der Waals surface area contributed by atoms with Crippen molar-refractivity contribution in [1.82, 2.24) is 0 Å². The minimum atomic E-state index is -0.697. The molecule has 1 atom stereocenters. The molecule has 0 aliphatic rings. The fourth-order valence-electron chi connectivity index (χ4n) is 2.75. The highest BCUT2D eigenvalue weighted by molar-refractivity contribution is 7.18. The summed E-state index contributed by atoms with van der Waals surface area (Å²) in [5.41, 5.74) is 6.91. The third kappa shape index (κ3) is 4.11. The summed E-state index contributed by atoms with van der Waals surface area (Å²) in [6.45, 7) is 5.45. The number of nitrogens with one attached hydrogen (secondary N) is 1. The zero-order chi connectivity index (χ0) is 19.3. The second kappa shape index (κ2) is 8.62. The van der Waals surface area contributed by atoms with Crippen LogP contribution in [0.25, 0.3) is 0 Å². The van der Waals surface area contributed by atoms with E-state index >= 15 is 0 Å². The van der Waals surface area contributed by atoms with Crippen LogP contribution in [0.3, 0.4) is 0 Å². The molecule has 0 aliphatic carbocycles. The third-order valence-corrected chi connectivity index (χ3v) is 5.20. The minimum absolute atomic E-state index is 0.148. The van der Waals surface area contributed by atoms with Crippen molar-refractivity contribution in [2.75, 3.05) is 11.9 Å². The molecule has 26 heavy (non-hydrogen) atoms. The number of amides is 2. The lowest BCUT2D eigenvalue weighted by Gasteiger charge is -2.15. The lowest BCUT2D eigenvalue weighted by molar-refractivity contribution is -0.117. The Morgan fingerprint density at radius 3 is 2.38 bits per heavy atom. The maximum absolute atomic E-state index is 12.8. The second-order valence-corrected chi connectivity index (χ2v) is 6.73. The molecule has 1 aromatic heterocycles. The lowest BCUT2D eigenvalue weighted by atomic mass is 9.95. The van der Waals surface area contributed by atoms with E-state index in [1.807, 2.05) is 37.3 Å². The van der Waals surface area contributed by atoms with Crippen molar-refractivity contribution >= 4 is 34.1 Å². The Bertz CT molecular complexity index is 814. The van der Waals surface area contributed by atoms with Gasteiger partial charge >= 0.3 is 5.97 Å². The molecule has 0 spiro atoms. The number of primary amides is 1. The Morgan fingerprint density at radius 1 is 1.19 bits per heavy atom. The number of nitrogens with two attached hydrogens (primary N) is 1. The molecule has 0 saturated heterocycles. The largest absolute Gasteiger partial charge is 0.462 e. The first-order valence-electron chi connectivity index (χ1n) is 8.36. The number of carbonyl (C=O) groups excluding carboxylic acids is 3. The number of anilines is 1. The molecule has 2 rings (SSSR count). The molecule has 3 N–H and O–H groups in total. The molecule has 1 unspecified atom stereocenters. The summed E-state index contributed by atoms with van der Waals surface area (Å²) in [5.74, 6) is -1.85. The van der Waals surface area contributed by atoms with E-state index < -0.39 is 11.9 Å². The first-order valence-corrected chi connectivity index (χ1v) is 9.18. The summed E-state index contributed by atoms with van der Waals surface area (Å²) >= 11 is 1.01. The molecule has 0 bridgehead atoms. The fraction of sp³-hybridized carbons (Fsp3) is 0.316. The van der Waals surface area contributed by atoms with Crippen LogP contribution >= 0.6 is 11.3 Å². The van der Waals surface area contributed by atoms with Crippen molar-refractivity contribution in [2.45, 2.75) is 33.1 Å². The van der Waals surface area contributed by atoms with E-state index in [1.54, 1.807) is 13.8 Å². The fourth-order valence-corrected chi connectivity index (χ4v) is 3.86. The van der Waals surface area contributed by atoms with Gasteiger partial charge in [0.25, 0.3) is 5.91 Å². The van der Waals surface area contributed by atoms with Crippen molar-refractivity contribution in [3.63, 3.8) is 0 Å². The highest BCUT2D eigenvalue weighted by Crippen LogP contribution is 2.34. The zero-order valence-electron chi connectivity index (χ0n) is 15.0. The maximum Gasteiger partial charge on any atom is 0.348 e. The second-order valence-electron chi connectivity index (χ2n) is 5.71. The zero-order valence-corrected chi connectivity index (χ0v) is 15.8. The average Bonchev–Trinajstić information content (AvgIpc) is 2.93. The van der Waals surface area contributed by atoms with Crippen molar-refractivity contribution in [3.8, 4) is 0 Å². The van der Waals surface area contributed by atoms with Gasteiger partial charge in [0.05, 0.1) is 18.1 Å². The van der Waals surface area contributed by atoms with Crippen molar-refractivity contribution in [3.05, 3.63) is 51.9 Å². The van der Waals surface area contributed by atoms with Crippen LogP contribution in [-0.4, -0.2) is 24.4 Å². The summed E-state index contributed by atoms with van der Waals surface area (Å²) in [6, 6.07) is 9.38. The van der Waals surface area contributed by atoms with E-state index in [-0.39, 0.29) is 33.9 Å². The SMILES string of the molecule is CCOC(=O)c1sc(NC(=O)C(CC)c2ccccc2)c(C(N)=O)c1C. The topological polar surface area (TPSA) is 98.5 Å². The quantitative estimate of drug-likeness (QED) is 0.725. The van der Waals surface area contributed by atoms with Crippen molar-refractivity contribution in [1.29, 1.82) is 0 Å². The maximum atomic E-state index is 12.8. The number of esters is 1. The average molecular weight is 374 g/mol. The van der Waals surface area contributed by atoms with Crippen LogP contribution in [0.4, 0.5) is 5.00 Å². The van der Waals surface area contributed by atoms with Gasteiger partial charge < -0.3 is 15.8 Å². The van der Waals surface area contributed by atoms with Crippen LogP contribution in [0.5, 0.6) is 0 Å². The van der Waals surface area contributed by atoms with Gasteiger partial charge in [-0.2, -0.15) is 0 Å². The molecule has 7 heteroatoms. The molecule has 6 nitrogen and oxygen atoms in total. The number of benzene rings is 1. The Kier molecular flexibility index (Phi) is 6.52. The van der Waals surface area contributed by atoms with E-state index in [0.717, 1.165) is 16.9 Å².